The zero-order valence-electron chi connectivity index (χ0n) is 12.0. The molecule has 19 heavy (non-hydrogen) atoms. The van der Waals surface area contributed by atoms with E-state index in [9.17, 15) is 14.6 Å². The van der Waals surface area contributed by atoms with Gasteiger partial charge < -0.3 is 15.5 Å². The summed E-state index contributed by atoms with van der Waals surface area (Å²) in [5.74, 6) is -0.147. The highest BCUT2D eigenvalue weighted by Gasteiger charge is 2.29. The largest absolute Gasteiger partial charge is 0.394 e. The van der Waals surface area contributed by atoms with Gasteiger partial charge in [0, 0.05) is 11.6 Å². The summed E-state index contributed by atoms with van der Waals surface area (Å²) in [7, 11) is 0. The third-order valence-corrected chi connectivity index (χ3v) is 3.22. The Kier molecular flexibility index (Phi) is 5.47. The maximum Gasteiger partial charge on any atom is 0.123 e. The van der Waals surface area contributed by atoms with Gasteiger partial charge in [-0.15, -0.1) is 0 Å². The maximum atomic E-state index is 12.9. The lowest BCUT2D eigenvalue weighted by Crippen LogP contribution is -2.52. The van der Waals surface area contributed by atoms with Crippen LogP contribution < -0.4 is 5.32 Å². The van der Waals surface area contributed by atoms with E-state index in [2.05, 4.69) is 5.32 Å². The quantitative estimate of drug-likeness (QED) is 0.742. The van der Waals surface area contributed by atoms with Crippen molar-refractivity contribution in [2.45, 2.75) is 45.4 Å². The second-order valence-corrected chi connectivity index (χ2v) is 5.95. The van der Waals surface area contributed by atoms with Crippen molar-refractivity contribution in [3.05, 3.63) is 35.6 Å². The van der Waals surface area contributed by atoms with Crippen LogP contribution in [0, 0.1) is 11.7 Å². The molecule has 2 unspecified atom stereocenters. The van der Waals surface area contributed by atoms with E-state index < -0.39 is 11.6 Å². The molecule has 0 fully saturated rings. The van der Waals surface area contributed by atoms with E-state index in [1.807, 2.05) is 27.7 Å². The van der Waals surface area contributed by atoms with Gasteiger partial charge in [0.25, 0.3) is 0 Å². The lowest BCUT2D eigenvalue weighted by atomic mass is 9.90. The number of hydrogen-bond donors (Lipinski definition) is 3. The van der Waals surface area contributed by atoms with Crippen LogP contribution >= 0.6 is 0 Å². The fraction of sp³-hybridized carbons (Fsp3) is 0.600. The van der Waals surface area contributed by atoms with Crippen molar-refractivity contribution < 1.29 is 14.6 Å². The number of rotatable bonds is 6. The van der Waals surface area contributed by atoms with Crippen LogP contribution in [0.1, 0.15) is 39.4 Å². The highest BCUT2D eigenvalue weighted by atomic mass is 19.1. The number of aliphatic hydroxyl groups is 2. The number of aliphatic hydroxyl groups excluding tert-OH is 2. The molecule has 1 aromatic carbocycles. The number of hydrogen-bond acceptors (Lipinski definition) is 3. The van der Waals surface area contributed by atoms with Crippen molar-refractivity contribution in [3.8, 4) is 0 Å². The topological polar surface area (TPSA) is 52.5 Å². The van der Waals surface area contributed by atoms with Crippen molar-refractivity contribution in [2.24, 2.45) is 5.92 Å². The minimum Gasteiger partial charge on any atom is -0.394 e. The Labute approximate surface area is 114 Å². The average molecular weight is 269 g/mol. The van der Waals surface area contributed by atoms with Crippen molar-refractivity contribution in [1.29, 1.82) is 0 Å². The van der Waals surface area contributed by atoms with Crippen LogP contribution in [0.25, 0.3) is 0 Å². The average Bonchev–Trinajstić information content (AvgIpc) is 2.36. The Balaban J connectivity index is 2.90. The summed E-state index contributed by atoms with van der Waals surface area (Å²) >= 11 is 0. The molecule has 0 amide bonds. The number of nitrogens with one attached hydrogen (secondary N) is 1. The first-order valence-corrected chi connectivity index (χ1v) is 6.59. The third kappa shape index (κ3) is 4.56. The van der Waals surface area contributed by atoms with Crippen molar-refractivity contribution >= 4 is 0 Å². The summed E-state index contributed by atoms with van der Waals surface area (Å²) < 4.78 is 12.9. The van der Waals surface area contributed by atoms with Gasteiger partial charge in [0.05, 0.1) is 12.7 Å². The van der Waals surface area contributed by atoms with Gasteiger partial charge in [-0.2, -0.15) is 0 Å². The molecule has 108 valence electrons. The van der Waals surface area contributed by atoms with Gasteiger partial charge in [-0.3, -0.25) is 0 Å². The van der Waals surface area contributed by atoms with Gasteiger partial charge >= 0.3 is 0 Å². The van der Waals surface area contributed by atoms with E-state index in [1.165, 1.54) is 12.1 Å². The summed E-state index contributed by atoms with van der Waals surface area (Å²) in [6, 6.07) is 5.64. The lowest BCUT2D eigenvalue weighted by molar-refractivity contribution is 0.0712. The van der Waals surface area contributed by atoms with Gasteiger partial charge in [-0.25, -0.2) is 4.39 Å². The molecule has 4 heteroatoms. The molecule has 1 rings (SSSR count). The fourth-order valence-corrected chi connectivity index (χ4v) is 1.97. The zero-order valence-corrected chi connectivity index (χ0v) is 12.0. The first-order valence-electron chi connectivity index (χ1n) is 6.59. The van der Waals surface area contributed by atoms with Gasteiger partial charge in [0.2, 0.25) is 0 Å². The molecule has 0 radical (unpaired) electrons. The zero-order chi connectivity index (χ0) is 14.6. The molecule has 0 spiro atoms. The predicted octanol–water partition coefficient (Wildman–Crippen LogP) is 2.24. The highest BCUT2D eigenvalue weighted by molar-refractivity contribution is 5.20. The van der Waals surface area contributed by atoms with E-state index in [0.717, 1.165) is 0 Å². The molecule has 0 heterocycles. The molecule has 3 N–H and O–H groups in total. The van der Waals surface area contributed by atoms with E-state index in [1.54, 1.807) is 12.1 Å². The third-order valence-electron chi connectivity index (χ3n) is 3.22. The van der Waals surface area contributed by atoms with Crippen LogP contribution in [-0.2, 0) is 0 Å². The van der Waals surface area contributed by atoms with Crippen LogP contribution in [0.4, 0.5) is 4.39 Å². The molecular weight excluding hydrogens is 245 g/mol. The Hall–Kier alpha value is -0.970. The molecule has 0 saturated carbocycles. The Bertz CT molecular complexity index is 390. The Morgan fingerprint density at radius 2 is 1.74 bits per heavy atom. The molecule has 0 bridgehead atoms. The molecule has 0 aromatic heterocycles. The Morgan fingerprint density at radius 1 is 1.21 bits per heavy atom. The first kappa shape index (κ1) is 16.1. The Morgan fingerprint density at radius 3 is 2.16 bits per heavy atom. The summed E-state index contributed by atoms with van der Waals surface area (Å²) in [5.41, 5.74) is 0.192. The van der Waals surface area contributed by atoms with E-state index >= 15 is 0 Å². The second kappa shape index (κ2) is 6.46. The lowest BCUT2D eigenvalue weighted by Gasteiger charge is -2.35. The summed E-state index contributed by atoms with van der Waals surface area (Å²) in [6.07, 6.45) is -0.744. The van der Waals surface area contributed by atoms with Crippen molar-refractivity contribution in [2.75, 3.05) is 6.61 Å². The predicted molar refractivity (Wildman–Crippen MR) is 74.3 cm³/mol. The molecule has 0 aliphatic heterocycles. The standard InChI is InChI=1S/C15H24FNO2/c1-10(2)13(17-15(3,4)9-18)14(19)11-5-7-12(16)8-6-11/h5-8,10,13-14,17-19H,9H2,1-4H3. The van der Waals surface area contributed by atoms with Gasteiger partial charge in [0.1, 0.15) is 5.82 Å². The molecule has 0 saturated heterocycles. The number of halogens is 1. The minimum atomic E-state index is -0.744. The first-order chi connectivity index (χ1) is 8.76. The van der Waals surface area contributed by atoms with E-state index in [-0.39, 0.29) is 24.4 Å². The fourth-order valence-electron chi connectivity index (χ4n) is 1.97. The molecule has 0 aliphatic carbocycles. The minimum absolute atomic E-state index is 0.0215. The van der Waals surface area contributed by atoms with Crippen LogP contribution in [0.15, 0.2) is 24.3 Å². The monoisotopic (exact) mass is 269 g/mol. The number of benzene rings is 1. The summed E-state index contributed by atoms with van der Waals surface area (Å²) in [4.78, 5) is 0. The van der Waals surface area contributed by atoms with Crippen molar-refractivity contribution in [1.82, 2.24) is 5.32 Å². The SMILES string of the molecule is CC(C)C(NC(C)(C)CO)C(O)c1ccc(F)cc1. The summed E-state index contributed by atoms with van der Waals surface area (Å²) in [5, 5.41) is 23.0. The van der Waals surface area contributed by atoms with E-state index in [0.29, 0.717) is 5.56 Å². The van der Waals surface area contributed by atoms with Gasteiger partial charge in [-0.1, -0.05) is 26.0 Å². The molecule has 2 atom stereocenters. The summed E-state index contributed by atoms with van der Waals surface area (Å²) in [6.45, 7) is 7.72. The molecular formula is C15H24FNO2. The van der Waals surface area contributed by atoms with Gasteiger partial charge in [0.15, 0.2) is 0 Å². The van der Waals surface area contributed by atoms with Crippen LogP contribution in [0.5, 0.6) is 0 Å². The molecule has 3 nitrogen and oxygen atoms in total. The normalized spacial score (nSPS) is 15.6. The van der Waals surface area contributed by atoms with Gasteiger partial charge in [-0.05, 0) is 37.5 Å². The van der Waals surface area contributed by atoms with Crippen molar-refractivity contribution in [3.63, 3.8) is 0 Å². The highest BCUT2D eigenvalue weighted by Crippen LogP contribution is 2.24. The van der Waals surface area contributed by atoms with Crippen LogP contribution in [0.2, 0.25) is 0 Å². The molecule has 0 aliphatic rings. The van der Waals surface area contributed by atoms with Crippen LogP contribution in [0.3, 0.4) is 0 Å². The smallest absolute Gasteiger partial charge is 0.123 e. The molecule has 1 aromatic rings. The maximum absolute atomic E-state index is 12.9. The van der Waals surface area contributed by atoms with Crippen LogP contribution in [-0.4, -0.2) is 28.4 Å². The second-order valence-electron chi connectivity index (χ2n) is 5.95. The van der Waals surface area contributed by atoms with E-state index in [4.69, 9.17) is 0 Å².